The quantitative estimate of drug-likeness (QED) is 0.526. The Balaban J connectivity index is 1.40. The predicted molar refractivity (Wildman–Crippen MR) is 127 cm³/mol. The number of carbonyl (C=O) groups excluding carboxylic acids is 1. The number of nitrogens with one attached hydrogen (secondary N) is 1. The smallest absolute Gasteiger partial charge is 0.243 e. The van der Waals surface area contributed by atoms with Gasteiger partial charge in [0.25, 0.3) is 0 Å². The highest BCUT2D eigenvalue weighted by atomic mass is 35.5. The van der Waals surface area contributed by atoms with Crippen LogP contribution in [0.5, 0.6) is 0 Å². The van der Waals surface area contributed by atoms with E-state index in [-0.39, 0.29) is 34.8 Å². The van der Waals surface area contributed by atoms with Crippen LogP contribution in [0.2, 0.25) is 5.02 Å². The Morgan fingerprint density at radius 1 is 1.00 bits per heavy atom. The van der Waals surface area contributed by atoms with Crippen LogP contribution in [0.4, 0.5) is 10.1 Å². The number of para-hydroxylation sites is 1. The number of halogens is 2. The summed E-state index contributed by atoms with van der Waals surface area (Å²) in [5.41, 5.74) is 2.94. The van der Waals surface area contributed by atoms with Gasteiger partial charge < -0.3 is 5.32 Å². The van der Waals surface area contributed by atoms with E-state index in [2.05, 4.69) is 5.32 Å². The van der Waals surface area contributed by atoms with Crippen LogP contribution in [-0.2, 0) is 21.2 Å². The highest BCUT2D eigenvalue weighted by molar-refractivity contribution is 7.89. The summed E-state index contributed by atoms with van der Waals surface area (Å²) in [4.78, 5) is 12.9. The Bertz CT molecular complexity index is 1240. The Morgan fingerprint density at radius 2 is 1.67 bits per heavy atom. The molecular weight excluding hydrogens is 463 g/mol. The van der Waals surface area contributed by atoms with Gasteiger partial charge in [-0.05, 0) is 54.7 Å². The summed E-state index contributed by atoms with van der Waals surface area (Å²) in [6, 6.07) is 21.1. The Kier molecular flexibility index (Phi) is 7.12. The first-order valence-electron chi connectivity index (χ1n) is 10.7. The summed E-state index contributed by atoms with van der Waals surface area (Å²) >= 11 is 5.75. The molecule has 0 atom stereocenters. The van der Waals surface area contributed by atoms with Gasteiger partial charge in [0.1, 0.15) is 5.82 Å². The molecule has 1 aliphatic heterocycles. The van der Waals surface area contributed by atoms with Crippen LogP contribution >= 0.6 is 11.6 Å². The number of nitrogens with zero attached hydrogens (tertiary/aromatic N) is 1. The van der Waals surface area contributed by atoms with Gasteiger partial charge in [0.15, 0.2) is 0 Å². The molecule has 1 fully saturated rings. The standard InChI is InChI=1S/C25H24ClFN2O3S/c26-22-17-21(10-11-23(22)27)33(31,32)29-14-12-19(13-15-29)25(30)28-24-9-5-4-8-20(24)16-18-6-2-1-3-7-18/h1-11,17,19H,12-16H2,(H,28,30). The molecule has 0 aliphatic carbocycles. The average molecular weight is 487 g/mol. The van der Waals surface area contributed by atoms with Gasteiger partial charge in [0.2, 0.25) is 15.9 Å². The second-order valence-corrected chi connectivity index (χ2v) is 10.4. The van der Waals surface area contributed by atoms with E-state index in [1.54, 1.807) is 0 Å². The van der Waals surface area contributed by atoms with Gasteiger partial charge in [-0.15, -0.1) is 0 Å². The van der Waals surface area contributed by atoms with E-state index >= 15 is 0 Å². The van der Waals surface area contributed by atoms with Crippen molar-refractivity contribution in [1.29, 1.82) is 0 Å². The minimum atomic E-state index is -3.80. The first-order valence-corrected chi connectivity index (χ1v) is 12.5. The number of piperidine rings is 1. The van der Waals surface area contributed by atoms with Crippen molar-refractivity contribution in [3.63, 3.8) is 0 Å². The maximum Gasteiger partial charge on any atom is 0.243 e. The number of hydrogen-bond donors (Lipinski definition) is 1. The van der Waals surface area contributed by atoms with E-state index in [1.807, 2.05) is 54.6 Å². The summed E-state index contributed by atoms with van der Waals surface area (Å²) in [6.45, 7) is 0.419. The highest BCUT2D eigenvalue weighted by Crippen LogP contribution is 2.28. The van der Waals surface area contributed by atoms with Gasteiger partial charge in [-0.2, -0.15) is 4.31 Å². The molecule has 1 amide bonds. The topological polar surface area (TPSA) is 66.5 Å². The SMILES string of the molecule is O=C(Nc1ccccc1Cc1ccccc1)C1CCN(S(=O)(=O)c2ccc(F)c(Cl)c2)CC1. The maximum atomic E-state index is 13.4. The van der Waals surface area contributed by atoms with Crippen molar-refractivity contribution < 1.29 is 17.6 Å². The Morgan fingerprint density at radius 3 is 2.36 bits per heavy atom. The summed E-state index contributed by atoms with van der Waals surface area (Å²) in [5.74, 6) is -1.08. The molecule has 1 aliphatic rings. The number of amides is 1. The van der Waals surface area contributed by atoms with Crippen molar-refractivity contribution in [3.8, 4) is 0 Å². The summed E-state index contributed by atoms with van der Waals surface area (Å²) in [5, 5.41) is 2.80. The number of rotatable bonds is 6. The van der Waals surface area contributed by atoms with Crippen LogP contribution in [0, 0.1) is 11.7 Å². The largest absolute Gasteiger partial charge is 0.326 e. The normalized spacial score (nSPS) is 15.3. The van der Waals surface area contributed by atoms with E-state index in [0.717, 1.165) is 28.9 Å². The number of hydrogen-bond acceptors (Lipinski definition) is 3. The average Bonchev–Trinajstić information content (AvgIpc) is 2.83. The van der Waals surface area contributed by atoms with Gasteiger partial charge in [0, 0.05) is 24.7 Å². The van der Waals surface area contributed by atoms with E-state index in [1.165, 1.54) is 10.4 Å². The second-order valence-electron chi connectivity index (χ2n) is 8.06. The molecule has 1 N–H and O–H groups in total. The summed E-state index contributed by atoms with van der Waals surface area (Å²) in [6.07, 6.45) is 1.51. The molecule has 4 rings (SSSR count). The number of sulfonamides is 1. The first kappa shape index (κ1) is 23.4. The highest BCUT2D eigenvalue weighted by Gasteiger charge is 2.32. The summed E-state index contributed by atoms with van der Waals surface area (Å²) in [7, 11) is -3.80. The van der Waals surface area contributed by atoms with Crippen molar-refractivity contribution in [2.24, 2.45) is 5.92 Å². The molecule has 3 aromatic carbocycles. The van der Waals surface area contributed by atoms with E-state index in [9.17, 15) is 17.6 Å². The van der Waals surface area contributed by atoms with Crippen LogP contribution in [0.3, 0.4) is 0 Å². The fourth-order valence-electron chi connectivity index (χ4n) is 3.99. The molecule has 3 aromatic rings. The summed E-state index contributed by atoms with van der Waals surface area (Å²) < 4.78 is 40.5. The third-order valence-electron chi connectivity index (χ3n) is 5.87. The molecule has 1 saturated heterocycles. The molecule has 0 spiro atoms. The lowest BCUT2D eigenvalue weighted by Gasteiger charge is -2.30. The molecule has 0 bridgehead atoms. The van der Waals surface area contributed by atoms with Crippen LogP contribution in [0.25, 0.3) is 0 Å². The molecule has 0 radical (unpaired) electrons. The Hall–Kier alpha value is -2.74. The van der Waals surface area contributed by atoms with Gasteiger partial charge in [-0.3, -0.25) is 4.79 Å². The molecule has 0 aromatic heterocycles. The molecule has 5 nitrogen and oxygen atoms in total. The molecule has 33 heavy (non-hydrogen) atoms. The van der Waals surface area contributed by atoms with Gasteiger partial charge in [-0.1, -0.05) is 60.1 Å². The van der Waals surface area contributed by atoms with Gasteiger partial charge >= 0.3 is 0 Å². The molecule has 1 heterocycles. The van der Waals surface area contributed by atoms with Gasteiger partial charge in [-0.25, -0.2) is 12.8 Å². The molecule has 0 saturated carbocycles. The third-order valence-corrected chi connectivity index (χ3v) is 8.05. The monoisotopic (exact) mass is 486 g/mol. The van der Waals surface area contributed by atoms with Crippen molar-refractivity contribution in [2.75, 3.05) is 18.4 Å². The third kappa shape index (κ3) is 5.43. The maximum absolute atomic E-state index is 13.4. The zero-order chi connectivity index (χ0) is 23.4. The zero-order valence-corrected chi connectivity index (χ0v) is 19.4. The lowest BCUT2D eigenvalue weighted by Crippen LogP contribution is -2.41. The zero-order valence-electron chi connectivity index (χ0n) is 17.9. The predicted octanol–water partition coefficient (Wildman–Crippen LogP) is 5.11. The van der Waals surface area contributed by atoms with Crippen LogP contribution in [0.1, 0.15) is 24.0 Å². The van der Waals surface area contributed by atoms with Crippen LogP contribution in [-0.4, -0.2) is 31.7 Å². The van der Waals surface area contributed by atoms with E-state index in [4.69, 9.17) is 11.6 Å². The van der Waals surface area contributed by atoms with Crippen molar-refractivity contribution in [3.05, 3.63) is 94.8 Å². The van der Waals surface area contributed by atoms with Crippen LogP contribution in [0.15, 0.2) is 77.7 Å². The molecular formula is C25H24ClFN2O3S. The first-order chi connectivity index (χ1) is 15.8. The fourth-order valence-corrected chi connectivity index (χ4v) is 5.73. The lowest BCUT2D eigenvalue weighted by atomic mass is 9.96. The second kappa shape index (κ2) is 10.0. The number of carbonyl (C=O) groups is 1. The molecule has 8 heteroatoms. The van der Waals surface area contributed by atoms with Crippen molar-refractivity contribution in [2.45, 2.75) is 24.2 Å². The Labute approximate surface area is 198 Å². The number of benzene rings is 3. The van der Waals surface area contributed by atoms with E-state index in [0.29, 0.717) is 19.3 Å². The van der Waals surface area contributed by atoms with Crippen LogP contribution < -0.4 is 5.32 Å². The van der Waals surface area contributed by atoms with Crippen molar-refractivity contribution in [1.82, 2.24) is 4.31 Å². The fraction of sp³-hybridized carbons (Fsp3) is 0.240. The van der Waals surface area contributed by atoms with E-state index < -0.39 is 15.8 Å². The van der Waals surface area contributed by atoms with Crippen molar-refractivity contribution >= 4 is 33.2 Å². The minimum absolute atomic E-state index is 0.0494. The lowest BCUT2D eigenvalue weighted by molar-refractivity contribution is -0.120. The number of anilines is 1. The molecule has 172 valence electrons. The molecule has 0 unspecified atom stereocenters. The van der Waals surface area contributed by atoms with Gasteiger partial charge in [0.05, 0.1) is 9.92 Å². The minimum Gasteiger partial charge on any atom is -0.326 e.